The molecule has 0 saturated heterocycles. The van der Waals surface area contributed by atoms with Gasteiger partial charge in [0.15, 0.2) is 0 Å². The lowest BCUT2D eigenvalue weighted by atomic mass is 10.1. The quantitative estimate of drug-likeness (QED) is 0.429. The van der Waals surface area contributed by atoms with Gasteiger partial charge in [-0.1, -0.05) is 17.3 Å². The van der Waals surface area contributed by atoms with Gasteiger partial charge in [0.1, 0.15) is 0 Å². The minimum atomic E-state index is 0.349. The lowest BCUT2D eigenvalue weighted by molar-refractivity contribution is 0.397. The zero-order valence-corrected chi connectivity index (χ0v) is 8.71. The molecule has 5 heteroatoms. The third-order valence-electron chi connectivity index (χ3n) is 1.88. The minimum Gasteiger partial charge on any atom is -0.481 e. The fourth-order valence-corrected chi connectivity index (χ4v) is 1.09. The van der Waals surface area contributed by atoms with Crippen molar-refractivity contribution < 1.29 is 4.74 Å². The second-order valence-corrected chi connectivity index (χ2v) is 2.90. The van der Waals surface area contributed by atoms with Crippen LogP contribution in [-0.4, -0.2) is 18.6 Å². The van der Waals surface area contributed by atoms with Gasteiger partial charge in [0, 0.05) is 23.7 Å². The highest BCUT2D eigenvalue weighted by Crippen LogP contribution is 2.14. The number of ether oxygens (including phenoxy) is 1. The molecule has 1 rings (SSSR count). The Bertz CT molecular complexity index is 408. The van der Waals surface area contributed by atoms with E-state index < -0.39 is 0 Å². The van der Waals surface area contributed by atoms with Crippen molar-refractivity contribution in [3.8, 4) is 5.88 Å². The topological polar surface area (TPSA) is 70.9 Å². The smallest absolute Gasteiger partial charge is 0.213 e. The van der Waals surface area contributed by atoms with Crippen molar-refractivity contribution >= 4 is 6.08 Å². The van der Waals surface area contributed by atoms with Gasteiger partial charge in [-0.2, -0.15) is 0 Å². The van der Waals surface area contributed by atoms with Crippen molar-refractivity contribution in [1.82, 2.24) is 4.98 Å². The molecular formula is C10H12N4O. The number of methoxy groups -OCH3 is 1. The molecule has 0 aromatic carbocycles. The fourth-order valence-electron chi connectivity index (χ4n) is 1.09. The average molecular weight is 204 g/mol. The highest BCUT2D eigenvalue weighted by molar-refractivity contribution is 5.53. The van der Waals surface area contributed by atoms with E-state index in [-0.39, 0.29) is 0 Å². The lowest BCUT2D eigenvalue weighted by Crippen LogP contribution is -1.90. The van der Waals surface area contributed by atoms with Gasteiger partial charge in [0.05, 0.1) is 7.11 Å². The van der Waals surface area contributed by atoms with Crippen molar-refractivity contribution in [2.75, 3.05) is 13.7 Å². The van der Waals surface area contributed by atoms with Crippen LogP contribution in [0.2, 0.25) is 0 Å². The summed E-state index contributed by atoms with van der Waals surface area (Å²) in [5, 5.41) is 3.40. The van der Waals surface area contributed by atoms with E-state index in [1.54, 1.807) is 19.4 Å². The van der Waals surface area contributed by atoms with E-state index in [1.807, 2.05) is 19.1 Å². The van der Waals surface area contributed by atoms with E-state index in [0.717, 1.165) is 11.1 Å². The van der Waals surface area contributed by atoms with Crippen LogP contribution >= 0.6 is 0 Å². The van der Waals surface area contributed by atoms with Crippen LogP contribution in [0.15, 0.2) is 23.5 Å². The van der Waals surface area contributed by atoms with E-state index >= 15 is 0 Å². The van der Waals surface area contributed by atoms with Gasteiger partial charge >= 0.3 is 0 Å². The second-order valence-electron chi connectivity index (χ2n) is 2.90. The molecule has 0 aliphatic rings. The van der Waals surface area contributed by atoms with E-state index in [0.29, 0.717) is 12.4 Å². The zero-order valence-electron chi connectivity index (χ0n) is 8.71. The number of aromatic nitrogens is 1. The van der Waals surface area contributed by atoms with Crippen LogP contribution in [0.4, 0.5) is 0 Å². The summed E-state index contributed by atoms with van der Waals surface area (Å²) in [6, 6.07) is 1.85. The van der Waals surface area contributed by atoms with Gasteiger partial charge < -0.3 is 4.74 Å². The van der Waals surface area contributed by atoms with E-state index in [1.165, 1.54) is 0 Å². The predicted octanol–water partition coefficient (Wildman–Crippen LogP) is 2.72. The third kappa shape index (κ3) is 3.32. The normalized spacial score (nSPS) is 10.0. The standard InChI is InChI=1S/C10H12N4O/c1-8-6-10(15-2)12-7-9(8)4-3-5-13-14-11/h3-4,6-7H,5H2,1-2H3. The Labute approximate surface area is 88.0 Å². The Hall–Kier alpha value is -2.00. The third-order valence-corrected chi connectivity index (χ3v) is 1.88. The average Bonchev–Trinajstić information content (AvgIpc) is 2.26. The Morgan fingerprint density at radius 3 is 3.07 bits per heavy atom. The zero-order chi connectivity index (χ0) is 11.1. The number of pyridine rings is 1. The van der Waals surface area contributed by atoms with E-state index in [4.69, 9.17) is 10.3 Å². The van der Waals surface area contributed by atoms with Gasteiger partial charge in [-0.25, -0.2) is 4.98 Å². The first kappa shape index (κ1) is 11.1. The number of nitrogens with zero attached hydrogens (tertiary/aromatic N) is 4. The van der Waals surface area contributed by atoms with Crippen LogP contribution in [0.3, 0.4) is 0 Å². The number of hydrogen-bond acceptors (Lipinski definition) is 3. The van der Waals surface area contributed by atoms with Crippen molar-refractivity contribution in [2.45, 2.75) is 6.92 Å². The summed E-state index contributed by atoms with van der Waals surface area (Å²) in [5.74, 6) is 0.597. The van der Waals surface area contributed by atoms with Crippen LogP contribution in [-0.2, 0) is 0 Å². The molecule has 0 unspecified atom stereocenters. The first-order chi connectivity index (χ1) is 7.27. The Balaban J connectivity index is 2.77. The van der Waals surface area contributed by atoms with Crippen LogP contribution in [0, 0.1) is 6.92 Å². The van der Waals surface area contributed by atoms with E-state index in [2.05, 4.69) is 15.0 Å². The van der Waals surface area contributed by atoms with Gasteiger partial charge in [0.2, 0.25) is 5.88 Å². The van der Waals surface area contributed by atoms with Crippen molar-refractivity contribution in [3.63, 3.8) is 0 Å². The molecule has 0 spiro atoms. The molecule has 0 aliphatic carbocycles. The van der Waals surface area contributed by atoms with Gasteiger partial charge in [-0.05, 0) is 23.6 Å². The van der Waals surface area contributed by atoms with Crippen molar-refractivity contribution in [2.24, 2.45) is 5.11 Å². The Morgan fingerprint density at radius 1 is 1.67 bits per heavy atom. The fraction of sp³-hybridized carbons (Fsp3) is 0.300. The number of aryl methyl sites for hydroxylation is 1. The molecule has 0 aliphatic heterocycles. The molecule has 1 heterocycles. The molecule has 0 saturated carbocycles. The maximum absolute atomic E-state index is 8.08. The molecule has 0 radical (unpaired) electrons. The summed E-state index contributed by atoms with van der Waals surface area (Å²) < 4.78 is 4.99. The molecule has 5 nitrogen and oxygen atoms in total. The first-order valence-electron chi connectivity index (χ1n) is 4.46. The summed E-state index contributed by atoms with van der Waals surface area (Å²) in [6.45, 7) is 2.32. The van der Waals surface area contributed by atoms with Crippen molar-refractivity contribution in [1.29, 1.82) is 0 Å². The molecule has 15 heavy (non-hydrogen) atoms. The summed E-state index contributed by atoms with van der Waals surface area (Å²) in [4.78, 5) is 6.73. The maximum Gasteiger partial charge on any atom is 0.213 e. The molecule has 0 bridgehead atoms. The monoisotopic (exact) mass is 204 g/mol. The molecule has 0 fully saturated rings. The van der Waals surface area contributed by atoms with Crippen molar-refractivity contribution in [3.05, 3.63) is 39.9 Å². The molecule has 0 atom stereocenters. The number of hydrogen-bond donors (Lipinski definition) is 0. The molecule has 1 aromatic rings. The Kier molecular flexibility index (Phi) is 4.19. The van der Waals surface area contributed by atoms with Crippen LogP contribution in [0.1, 0.15) is 11.1 Å². The SMILES string of the molecule is COc1cc(C)c(C=CCN=[N+]=[N-])cn1. The van der Waals surface area contributed by atoms with Crippen LogP contribution in [0.5, 0.6) is 5.88 Å². The lowest BCUT2D eigenvalue weighted by Gasteiger charge is -2.02. The molecular weight excluding hydrogens is 192 g/mol. The van der Waals surface area contributed by atoms with Crippen LogP contribution in [0.25, 0.3) is 16.5 Å². The van der Waals surface area contributed by atoms with Gasteiger partial charge in [-0.3, -0.25) is 0 Å². The number of rotatable bonds is 4. The van der Waals surface area contributed by atoms with Gasteiger partial charge in [0.25, 0.3) is 0 Å². The minimum absolute atomic E-state index is 0.349. The molecule has 1 aromatic heterocycles. The second kappa shape index (κ2) is 5.67. The summed E-state index contributed by atoms with van der Waals surface area (Å²) in [5.41, 5.74) is 10.1. The van der Waals surface area contributed by atoms with Gasteiger partial charge in [-0.15, -0.1) is 0 Å². The summed E-state index contributed by atoms with van der Waals surface area (Å²) in [7, 11) is 1.58. The van der Waals surface area contributed by atoms with E-state index in [9.17, 15) is 0 Å². The summed E-state index contributed by atoms with van der Waals surface area (Å²) in [6.07, 6.45) is 5.38. The highest BCUT2D eigenvalue weighted by atomic mass is 16.5. The van der Waals surface area contributed by atoms with Crippen LogP contribution < -0.4 is 4.74 Å². The molecule has 0 amide bonds. The highest BCUT2D eigenvalue weighted by Gasteiger charge is 1.97. The molecule has 78 valence electrons. The molecule has 0 N–H and O–H groups in total. The predicted molar refractivity (Wildman–Crippen MR) is 58.6 cm³/mol. The summed E-state index contributed by atoms with van der Waals surface area (Å²) >= 11 is 0. The Morgan fingerprint density at radius 2 is 2.47 bits per heavy atom. The first-order valence-corrected chi connectivity index (χ1v) is 4.46. The maximum atomic E-state index is 8.08. The number of azide groups is 1. The largest absolute Gasteiger partial charge is 0.481 e.